The van der Waals surface area contributed by atoms with Crippen LogP contribution in [0.3, 0.4) is 0 Å². The third-order valence-corrected chi connectivity index (χ3v) is 2.70. The van der Waals surface area contributed by atoms with Crippen LogP contribution in [-0.2, 0) is 6.54 Å². The Balaban J connectivity index is 2.52. The van der Waals surface area contributed by atoms with Gasteiger partial charge in [-0.1, -0.05) is 26.8 Å². The monoisotopic (exact) mass is 235 g/mol. The molecule has 1 aromatic rings. The minimum Gasteiger partial charge on any atom is -0.314 e. The van der Waals surface area contributed by atoms with Gasteiger partial charge in [0.1, 0.15) is 0 Å². The third kappa shape index (κ3) is 4.73. The van der Waals surface area contributed by atoms with E-state index in [-0.39, 0.29) is 0 Å². The van der Waals surface area contributed by atoms with Crippen LogP contribution in [0.5, 0.6) is 0 Å². The first-order valence-corrected chi connectivity index (χ1v) is 6.57. The highest BCUT2D eigenvalue weighted by molar-refractivity contribution is 5.60. The zero-order valence-electron chi connectivity index (χ0n) is 11.5. The van der Waals surface area contributed by atoms with Crippen LogP contribution < -0.4 is 5.32 Å². The highest BCUT2D eigenvalue weighted by Crippen LogP contribution is 2.14. The summed E-state index contributed by atoms with van der Waals surface area (Å²) in [6.45, 7) is 10.7. The number of allylic oxidation sites excluding steroid dienone is 1. The van der Waals surface area contributed by atoms with Gasteiger partial charge in [0, 0.05) is 18.8 Å². The summed E-state index contributed by atoms with van der Waals surface area (Å²) in [6.07, 6.45) is 6.37. The second kappa shape index (κ2) is 7.28. The van der Waals surface area contributed by atoms with Gasteiger partial charge in [-0.2, -0.15) is 5.10 Å². The number of hydrogen-bond donors (Lipinski definition) is 1. The van der Waals surface area contributed by atoms with E-state index in [0.29, 0.717) is 6.04 Å². The maximum absolute atomic E-state index is 4.34. The largest absolute Gasteiger partial charge is 0.314 e. The number of hydrogen-bond acceptors (Lipinski definition) is 2. The van der Waals surface area contributed by atoms with E-state index < -0.39 is 0 Å². The lowest BCUT2D eigenvalue weighted by atomic mass is 10.1. The van der Waals surface area contributed by atoms with E-state index in [1.807, 2.05) is 6.20 Å². The predicted molar refractivity (Wildman–Crippen MR) is 73.9 cm³/mol. The van der Waals surface area contributed by atoms with Crippen LogP contribution in [0.1, 0.15) is 46.2 Å². The van der Waals surface area contributed by atoms with Gasteiger partial charge >= 0.3 is 0 Å². The molecular formula is C14H25N3. The molecule has 0 aromatic carbocycles. The van der Waals surface area contributed by atoms with E-state index in [1.54, 1.807) is 0 Å². The zero-order chi connectivity index (χ0) is 12.7. The molecule has 0 aliphatic carbocycles. The molecule has 0 amide bonds. The van der Waals surface area contributed by atoms with Crippen LogP contribution in [-0.4, -0.2) is 22.4 Å². The summed E-state index contributed by atoms with van der Waals surface area (Å²) >= 11 is 0. The van der Waals surface area contributed by atoms with Crippen molar-refractivity contribution in [3.8, 4) is 0 Å². The molecular weight excluding hydrogens is 210 g/mol. The topological polar surface area (TPSA) is 29.9 Å². The molecule has 1 heterocycles. The Morgan fingerprint density at radius 2 is 2.29 bits per heavy atom. The van der Waals surface area contributed by atoms with Crippen molar-refractivity contribution in [2.24, 2.45) is 0 Å². The Morgan fingerprint density at radius 3 is 2.94 bits per heavy atom. The number of aryl methyl sites for hydroxylation is 1. The van der Waals surface area contributed by atoms with Gasteiger partial charge in [-0.25, -0.2) is 0 Å². The average Bonchev–Trinajstić information content (AvgIpc) is 2.72. The molecule has 0 atom stereocenters. The Labute approximate surface area is 105 Å². The van der Waals surface area contributed by atoms with Crippen molar-refractivity contribution in [3.63, 3.8) is 0 Å². The van der Waals surface area contributed by atoms with Gasteiger partial charge in [-0.3, -0.25) is 4.68 Å². The lowest BCUT2D eigenvalue weighted by Gasteiger charge is -2.08. The first-order valence-electron chi connectivity index (χ1n) is 6.57. The van der Waals surface area contributed by atoms with Crippen LogP contribution in [0.25, 0.3) is 5.57 Å². The molecule has 0 saturated heterocycles. The van der Waals surface area contributed by atoms with Crippen molar-refractivity contribution >= 4 is 5.57 Å². The van der Waals surface area contributed by atoms with Crippen molar-refractivity contribution in [2.75, 3.05) is 6.54 Å². The van der Waals surface area contributed by atoms with Crippen molar-refractivity contribution in [1.29, 1.82) is 0 Å². The standard InChI is InChI=1S/C14H25N3/c1-5-11-17-14(8-10-16-17)13(4)7-6-9-15-12(2)3/h7-8,10,12,15H,5-6,9,11H2,1-4H3. The number of nitrogens with zero attached hydrogens (tertiary/aromatic N) is 2. The van der Waals surface area contributed by atoms with Crippen LogP contribution >= 0.6 is 0 Å². The van der Waals surface area contributed by atoms with E-state index in [1.165, 1.54) is 11.3 Å². The maximum Gasteiger partial charge on any atom is 0.0635 e. The summed E-state index contributed by atoms with van der Waals surface area (Å²) in [5.74, 6) is 0. The van der Waals surface area contributed by atoms with Gasteiger partial charge in [0.2, 0.25) is 0 Å². The molecule has 0 aliphatic rings. The molecule has 3 nitrogen and oxygen atoms in total. The van der Waals surface area contributed by atoms with Gasteiger partial charge in [-0.05, 0) is 37.9 Å². The van der Waals surface area contributed by atoms with Crippen LogP contribution in [0.2, 0.25) is 0 Å². The van der Waals surface area contributed by atoms with Crippen LogP contribution in [0, 0.1) is 0 Å². The predicted octanol–water partition coefficient (Wildman–Crippen LogP) is 3.08. The SMILES string of the molecule is CCCn1nccc1C(C)=CCCNC(C)C. The maximum atomic E-state index is 4.34. The van der Waals surface area contributed by atoms with E-state index in [0.717, 1.165) is 25.9 Å². The van der Waals surface area contributed by atoms with Gasteiger partial charge in [0.05, 0.1) is 5.69 Å². The molecule has 1 N–H and O–H groups in total. The van der Waals surface area contributed by atoms with E-state index >= 15 is 0 Å². The minimum absolute atomic E-state index is 0.564. The Bertz CT molecular complexity index is 350. The highest BCUT2D eigenvalue weighted by atomic mass is 15.3. The second-order valence-electron chi connectivity index (χ2n) is 4.72. The average molecular weight is 235 g/mol. The summed E-state index contributed by atoms with van der Waals surface area (Å²) in [5.41, 5.74) is 2.57. The molecule has 17 heavy (non-hydrogen) atoms. The first-order chi connectivity index (χ1) is 8.15. The van der Waals surface area contributed by atoms with Gasteiger partial charge in [-0.15, -0.1) is 0 Å². The number of aromatic nitrogens is 2. The Hall–Kier alpha value is -1.09. The fourth-order valence-electron chi connectivity index (χ4n) is 1.82. The second-order valence-corrected chi connectivity index (χ2v) is 4.72. The smallest absolute Gasteiger partial charge is 0.0635 e. The molecule has 0 radical (unpaired) electrons. The third-order valence-electron chi connectivity index (χ3n) is 2.70. The lowest BCUT2D eigenvalue weighted by molar-refractivity contribution is 0.591. The fourth-order valence-corrected chi connectivity index (χ4v) is 1.82. The van der Waals surface area contributed by atoms with Crippen molar-refractivity contribution in [1.82, 2.24) is 15.1 Å². The van der Waals surface area contributed by atoms with Gasteiger partial charge < -0.3 is 5.32 Å². The zero-order valence-corrected chi connectivity index (χ0v) is 11.5. The summed E-state index contributed by atoms with van der Waals surface area (Å²) in [5, 5.41) is 7.76. The molecule has 96 valence electrons. The molecule has 0 aliphatic heterocycles. The molecule has 0 saturated carbocycles. The molecule has 1 aromatic heterocycles. The normalized spacial score (nSPS) is 12.4. The molecule has 1 rings (SSSR count). The van der Waals surface area contributed by atoms with Crippen molar-refractivity contribution in [2.45, 2.75) is 53.1 Å². The fraction of sp³-hybridized carbons (Fsp3) is 0.643. The summed E-state index contributed by atoms with van der Waals surface area (Å²) in [4.78, 5) is 0. The number of nitrogens with one attached hydrogen (secondary N) is 1. The lowest BCUT2D eigenvalue weighted by Crippen LogP contribution is -2.23. The van der Waals surface area contributed by atoms with Gasteiger partial charge in [0.25, 0.3) is 0 Å². The quantitative estimate of drug-likeness (QED) is 0.736. The minimum atomic E-state index is 0.564. The Kier molecular flexibility index (Phi) is 5.98. The Morgan fingerprint density at radius 1 is 1.53 bits per heavy atom. The van der Waals surface area contributed by atoms with Crippen molar-refractivity contribution in [3.05, 3.63) is 24.0 Å². The summed E-state index contributed by atoms with van der Waals surface area (Å²) in [6, 6.07) is 2.66. The van der Waals surface area contributed by atoms with E-state index in [2.05, 4.69) is 54.9 Å². The molecule has 3 heteroatoms. The van der Waals surface area contributed by atoms with E-state index in [4.69, 9.17) is 0 Å². The summed E-state index contributed by atoms with van der Waals surface area (Å²) in [7, 11) is 0. The van der Waals surface area contributed by atoms with Gasteiger partial charge in [0.15, 0.2) is 0 Å². The molecule has 0 spiro atoms. The van der Waals surface area contributed by atoms with Crippen molar-refractivity contribution < 1.29 is 0 Å². The highest BCUT2D eigenvalue weighted by Gasteiger charge is 2.02. The first kappa shape index (κ1) is 14.0. The van der Waals surface area contributed by atoms with E-state index in [9.17, 15) is 0 Å². The summed E-state index contributed by atoms with van der Waals surface area (Å²) < 4.78 is 2.09. The molecule has 0 unspecified atom stereocenters. The number of rotatable bonds is 7. The van der Waals surface area contributed by atoms with Crippen LogP contribution in [0.15, 0.2) is 18.3 Å². The molecule has 0 bridgehead atoms. The molecule has 0 fully saturated rings. The van der Waals surface area contributed by atoms with Crippen LogP contribution in [0.4, 0.5) is 0 Å².